The number of hydrogen-bond donors (Lipinski definition) is 1. The summed E-state index contributed by atoms with van der Waals surface area (Å²) in [6.45, 7) is 0.565. The van der Waals surface area contributed by atoms with E-state index in [1.807, 2.05) is 0 Å². The Morgan fingerprint density at radius 3 is 2.58 bits per heavy atom. The zero-order valence-electron chi connectivity index (χ0n) is 17.5. The van der Waals surface area contributed by atoms with Crippen LogP contribution in [-0.2, 0) is 24.3 Å². The number of fused-ring (bicyclic) bond motifs is 2. The molecule has 0 unspecified atom stereocenters. The zero-order valence-corrected chi connectivity index (χ0v) is 19.1. The van der Waals surface area contributed by atoms with Crippen LogP contribution in [0, 0.1) is 17.8 Å². The number of esters is 1. The van der Waals surface area contributed by atoms with Crippen LogP contribution in [0.1, 0.15) is 51.4 Å². The molecule has 3 atom stereocenters. The summed E-state index contributed by atoms with van der Waals surface area (Å²) < 4.78 is 32.4. The minimum atomic E-state index is -3.64. The Bertz CT molecular complexity index is 945. The molecular weight excluding hydrogens is 440 g/mol. The van der Waals surface area contributed by atoms with Crippen molar-refractivity contribution in [3.8, 4) is 0 Å². The minimum Gasteiger partial charge on any atom is -0.456 e. The average Bonchev–Trinajstić information content (AvgIpc) is 3.37. The quantitative estimate of drug-likeness (QED) is 0.614. The van der Waals surface area contributed by atoms with Crippen LogP contribution in [-0.4, -0.2) is 44.3 Å². The van der Waals surface area contributed by atoms with Gasteiger partial charge in [-0.2, -0.15) is 4.31 Å². The molecule has 170 valence electrons. The molecule has 9 heteroatoms. The summed E-state index contributed by atoms with van der Waals surface area (Å²) in [5.74, 6) is 0.841. The maximum Gasteiger partial charge on any atom is 0.306 e. The van der Waals surface area contributed by atoms with Crippen molar-refractivity contribution in [3.63, 3.8) is 0 Å². The van der Waals surface area contributed by atoms with E-state index in [2.05, 4.69) is 5.32 Å². The standard InChI is InChI=1S/C22H29ClN2O5S/c23-19-7-6-18(31(28,29)25-8-2-1-3-9-25)13-20(19)24-21(26)14-30-22(27)12-17-11-15-4-5-16(17)10-15/h6-7,13,15-17H,1-5,8-12,14H2,(H,24,26)/t15-,16+,17+/m0/s1. The molecule has 1 amide bonds. The van der Waals surface area contributed by atoms with Gasteiger partial charge in [-0.15, -0.1) is 0 Å². The first kappa shape index (κ1) is 22.6. The van der Waals surface area contributed by atoms with Gasteiger partial charge in [0.25, 0.3) is 5.91 Å². The summed E-state index contributed by atoms with van der Waals surface area (Å²) in [5, 5.41) is 2.79. The van der Waals surface area contributed by atoms with Crippen LogP contribution < -0.4 is 5.32 Å². The highest BCUT2D eigenvalue weighted by Gasteiger charge is 2.40. The highest BCUT2D eigenvalue weighted by Crippen LogP contribution is 2.49. The number of rotatable bonds is 7. The second-order valence-electron chi connectivity index (χ2n) is 8.95. The third-order valence-electron chi connectivity index (χ3n) is 6.84. The van der Waals surface area contributed by atoms with Crippen molar-refractivity contribution in [2.24, 2.45) is 17.8 Å². The van der Waals surface area contributed by atoms with Crippen molar-refractivity contribution in [3.05, 3.63) is 23.2 Å². The van der Waals surface area contributed by atoms with E-state index in [-0.39, 0.29) is 21.6 Å². The van der Waals surface area contributed by atoms with Crippen molar-refractivity contribution in [2.45, 2.75) is 56.3 Å². The summed E-state index contributed by atoms with van der Waals surface area (Å²) in [7, 11) is -3.64. The molecule has 2 aliphatic carbocycles. The first-order chi connectivity index (χ1) is 14.8. The smallest absolute Gasteiger partial charge is 0.306 e. The van der Waals surface area contributed by atoms with Gasteiger partial charge in [-0.1, -0.05) is 24.4 Å². The van der Waals surface area contributed by atoms with Crippen LogP contribution in [0.15, 0.2) is 23.1 Å². The topological polar surface area (TPSA) is 92.8 Å². The van der Waals surface area contributed by atoms with Crippen molar-refractivity contribution in [2.75, 3.05) is 25.0 Å². The SMILES string of the molecule is O=C(COC(=O)C[C@H]1C[C@H]2CC[C@@H]1C2)Nc1cc(S(=O)(=O)N2CCCCC2)ccc1Cl. The Morgan fingerprint density at radius 2 is 1.90 bits per heavy atom. The number of halogens is 1. The Kier molecular flexibility index (Phi) is 6.89. The molecule has 3 fully saturated rings. The Labute approximate surface area is 188 Å². The number of hydrogen-bond acceptors (Lipinski definition) is 5. The molecule has 7 nitrogen and oxygen atoms in total. The number of nitrogens with one attached hydrogen (secondary N) is 1. The number of sulfonamides is 1. The average molecular weight is 469 g/mol. The normalized spacial score (nSPS) is 26.0. The van der Waals surface area contributed by atoms with E-state index in [9.17, 15) is 18.0 Å². The predicted molar refractivity (Wildman–Crippen MR) is 117 cm³/mol. The van der Waals surface area contributed by atoms with E-state index in [4.69, 9.17) is 16.3 Å². The Hall–Kier alpha value is -1.64. The molecule has 1 aromatic rings. The van der Waals surface area contributed by atoms with E-state index >= 15 is 0 Å². The molecule has 0 spiro atoms. The lowest BCUT2D eigenvalue weighted by Gasteiger charge is -2.26. The third-order valence-corrected chi connectivity index (χ3v) is 9.07. The van der Waals surface area contributed by atoms with Gasteiger partial charge in [0.2, 0.25) is 10.0 Å². The largest absolute Gasteiger partial charge is 0.456 e. The first-order valence-electron chi connectivity index (χ1n) is 11.1. The second-order valence-corrected chi connectivity index (χ2v) is 11.3. The van der Waals surface area contributed by atoms with Crippen molar-refractivity contribution in [1.29, 1.82) is 0 Å². The van der Waals surface area contributed by atoms with Crippen LogP contribution in [0.2, 0.25) is 5.02 Å². The molecule has 3 aliphatic rings. The van der Waals surface area contributed by atoms with Crippen LogP contribution in [0.3, 0.4) is 0 Å². The van der Waals surface area contributed by atoms with Gasteiger partial charge in [0, 0.05) is 19.5 Å². The van der Waals surface area contributed by atoms with Gasteiger partial charge in [0.15, 0.2) is 6.61 Å². The lowest BCUT2D eigenvalue weighted by atomic mass is 9.86. The summed E-state index contributed by atoms with van der Waals surface area (Å²) in [6.07, 6.45) is 7.82. The molecule has 1 aliphatic heterocycles. The maximum absolute atomic E-state index is 12.9. The molecule has 1 heterocycles. The van der Waals surface area contributed by atoms with Gasteiger partial charge >= 0.3 is 5.97 Å². The van der Waals surface area contributed by atoms with E-state index in [0.29, 0.717) is 31.3 Å². The zero-order chi connectivity index (χ0) is 22.0. The number of amides is 1. The number of nitrogens with zero attached hydrogens (tertiary/aromatic N) is 1. The number of carbonyl (C=O) groups is 2. The molecule has 4 rings (SSSR count). The van der Waals surface area contributed by atoms with Crippen LogP contribution in [0.25, 0.3) is 0 Å². The van der Waals surface area contributed by atoms with Crippen molar-refractivity contribution < 1.29 is 22.7 Å². The van der Waals surface area contributed by atoms with Crippen LogP contribution >= 0.6 is 11.6 Å². The molecule has 1 aromatic carbocycles. The van der Waals surface area contributed by atoms with Gasteiger partial charge in [-0.25, -0.2) is 8.42 Å². The molecule has 0 radical (unpaired) electrons. The number of anilines is 1. The van der Waals surface area contributed by atoms with Gasteiger partial charge < -0.3 is 10.1 Å². The maximum atomic E-state index is 12.9. The number of ether oxygens (including phenoxy) is 1. The summed E-state index contributed by atoms with van der Waals surface area (Å²) >= 11 is 6.16. The number of piperidine rings is 1. The molecule has 0 aromatic heterocycles. The fourth-order valence-corrected chi connectivity index (χ4v) is 6.96. The summed E-state index contributed by atoms with van der Waals surface area (Å²) in [6, 6.07) is 4.26. The summed E-state index contributed by atoms with van der Waals surface area (Å²) in [5.41, 5.74) is 0.189. The van der Waals surface area contributed by atoms with Gasteiger partial charge in [-0.05, 0) is 68.1 Å². The van der Waals surface area contributed by atoms with E-state index in [1.54, 1.807) is 0 Å². The molecule has 2 saturated carbocycles. The predicted octanol–water partition coefficient (Wildman–Crippen LogP) is 3.82. The Balaban J connectivity index is 1.32. The molecule has 31 heavy (non-hydrogen) atoms. The molecule has 2 bridgehead atoms. The van der Waals surface area contributed by atoms with Crippen molar-refractivity contribution in [1.82, 2.24) is 4.31 Å². The third kappa shape index (κ3) is 5.23. The van der Waals surface area contributed by atoms with Crippen molar-refractivity contribution >= 4 is 39.2 Å². The second kappa shape index (κ2) is 9.46. The van der Waals surface area contributed by atoms with Gasteiger partial charge in [0.1, 0.15) is 0 Å². The van der Waals surface area contributed by atoms with Crippen LogP contribution in [0.5, 0.6) is 0 Å². The molecule has 1 N–H and O–H groups in total. The highest BCUT2D eigenvalue weighted by atomic mass is 35.5. The van der Waals surface area contributed by atoms with E-state index in [0.717, 1.165) is 31.6 Å². The molecular formula is C22H29ClN2O5S. The number of benzene rings is 1. The monoisotopic (exact) mass is 468 g/mol. The van der Waals surface area contributed by atoms with Gasteiger partial charge in [0.05, 0.1) is 15.6 Å². The highest BCUT2D eigenvalue weighted by molar-refractivity contribution is 7.89. The van der Waals surface area contributed by atoms with Crippen LogP contribution in [0.4, 0.5) is 5.69 Å². The number of carbonyl (C=O) groups excluding carboxylic acids is 2. The van der Waals surface area contributed by atoms with E-state index in [1.165, 1.54) is 41.8 Å². The Morgan fingerprint density at radius 1 is 1.13 bits per heavy atom. The van der Waals surface area contributed by atoms with E-state index < -0.39 is 22.5 Å². The minimum absolute atomic E-state index is 0.0855. The first-order valence-corrected chi connectivity index (χ1v) is 12.9. The lowest BCUT2D eigenvalue weighted by Crippen LogP contribution is -2.35. The molecule has 1 saturated heterocycles. The fourth-order valence-electron chi connectivity index (χ4n) is 5.25. The summed E-state index contributed by atoms with van der Waals surface area (Å²) in [4.78, 5) is 24.5. The van der Waals surface area contributed by atoms with Gasteiger partial charge in [-0.3, -0.25) is 9.59 Å². The fraction of sp³-hybridized carbons (Fsp3) is 0.636. The lowest BCUT2D eigenvalue weighted by molar-refractivity contribution is -0.148.